The lowest BCUT2D eigenvalue weighted by Gasteiger charge is -2.13. The summed E-state index contributed by atoms with van der Waals surface area (Å²) in [6.45, 7) is 4.17. The zero-order valence-electron chi connectivity index (χ0n) is 18.9. The molecule has 6 heteroatoms. The average Bonchev–Trinajstić information content (AvgIpc) is 2.83. The van der Waals surface area contributed by atoms with Gasteiger partial charge in [0.2, 0.25) is 0 Å². The second-order valence-electron chi connectivity index (χ2n) is 7.45. The molecule has 2 N–H and O–H groups in total. The van der Waals surface area contributed by atoms with E-state index in [0.717, 1.165) is 24.8 Å². The second kappa shape index (κ2) is 13.6. The van der Waals surface area contributed by atoms with Crippen LogP contribution < -0.4 is 0 Å². The van der Waals surface area contributed by atoms with Crippen LogP contribution in [0.2, 0.25) is 0 Å². The van der Waals surface area contributed by atoms with Gasteiger partial charge in [-0.1, -0.05) is 74.4 Å². The molecule has 0 heterocycles. The van der Waals surface area contributed by atoms with Crippen LogP contribution in [0.4, 0.5) is 0 Å². The van der Waals surface area contributed by atoms with Gasteiger partial charge in [0.1, 0.15) is 29.2 Å². The minimum Gasteiger partial charge on any atom is -0.507 e. The predicted octanol–water partition coefficient (Wildman–Crippen LogP) is 5.88. The van der Waals surface area contributed by atoms with Gasteiger partial charge in [-0.05, 0) is 43.2 Å². The number of carbonyl (C=O) groups is 2. The van der Waals surface area contributed by atoms with Crippen molar-refractivity contribution in [3.05, 3.63) is 95.6 Å². The van der Waals surface area contributed by atoms with E-state index in [9.17, 15) is 19.8 Å². The van der Waals surface area contributed by atoms with E-state index in [1.54, 1.807) is 30.3 Å². The van der Waals surface area contributed by atoms with Crippen molar-refractivity contribution in [1.82, 2.24) is 0 Å². The van der Waals surface area contributed by atoms with Crippen LogP contribution in [0.1, 0.15) is 59.4 Å². The van der Waals surface area contributed by atoms with Crippen molar-refractivity contribution >= 4 is 11.9 Å². The Kier molecular flexibility index (Phi) is 10.5. The highest BCUT2D eigenvalue weighted by molar-refractivity contribution is 5.92. The maximum atomic E-state index is 11.7. The zero-order chi connectivity index (χ0) is 24.1. The Bertz CT molecular complexity index is 1020. The number of benzene rings is 3. The minimum atomic E-state index is -0.521. The van der Waals surface area contributed by atoms with Gasteiger partial charge >= 0.3 is 11.9 Å². The van der Waals surface area contributed by atoms with Crippen LogP contribution in [0, 0.1) is 0 Å². The molecule has 0 aliphatic heterocycles. The summed E-state index contributed by atoms with van der Waals surface area (Å²) in [6, 6.07) is 22.1. The van der Waals surface area contributed by atoms with E-state index in [2.05, 4.69) is 6.92 Å². The number of hydrogen-bond acceptors (Lipinski definition) is 6. The molecule has 3 aromatic rings. The molecule has 0 amide bonds. The van der Waals surface area contributed by atoms with Crippen molar-refractivity contribution < 1.29 is 29.3 Å². The quantitative estimate of drug-likeness (QED) is 0.417. The summed E-state index contributed by atoms with van der Waals surface area (Å²) < 4.78 is 10.3. The Balaban J connectivity index is 0.000000234. The van der Waals surface area contributed by atoms with Gasteiger partial charge in [0.25, 0.3) is 0 Å². The highest BCUT2D eigenvalue weighted by atomic mass is 16.5. The van der Waals surface area contributed by atoms with Crippen LogP contribution >= 0.6 is 0 Å². The van der Waals surface area contributed by atoms with Crippen LogP contribution in [0.15, 0.2) is 78.9 Å². The number of esters is 2. The Hall–Kier alpha value is -3.80. The summed E-state index contributed by atoms with van der Waals surface area (Å²) in [4.78, 5) is 23.3. The lowest BCUT2D eigenvalue weighted by molar-refractivity contribution is 0.0316. The van der Waals surface area contributed by atoms with Gasteiger partial charge in [-0.15, -0.1) is 0 Å². The molecule has 0 aliphatic rings. The molecular weight excluding hydrogens is 420 g/mol. The van der Waals surface area contributed by atoms with Crippen molar-refractivity contribution in [2.24, 2.45) is 0 Å². The molecule has 1 unspecified atom stereocenters. The first-order chi connectivity index (χ1) is 15.9. The molecule has 0 saturated heterocycles. The van der Waals surface area contributed by atoms with Gasteiger partial charge in [0, 0.05) is 0 Å². The Morgan fingerprint density at radius 3 is 1.85 bits per heavy atom. The van der Waals surface area contributed by atoms with E-state index in [-0.39, 0.29) is 35.3 Å². The largest absolute Gasteiger partial charge is 0.507 e. The number of phenolic OH excluding ortho intramolecular Hbond substituents is 2. The number of hydrogen-bond donors (Lipinski definition) is 2. The summed E-state index contributed by atoms with van der Waals surface area (Å²) >= 11 is 0. The molecule has 0 spiro atoms. The third-order valence-corrected chi connectivity index (χ3v) is 4.73. The maximum absolute atomic E-state index is 11.7. The van der Waals surface area contributed by atoms with E-state index in [4.69, 9.17) is 9.47 Å². The molecule has 174 valence electrons. The van der Waals surface area contributed by atoms with Gasteiger partial charge in [0.05, 0.1) is 6.10 Å². The SMILES string of the molecule is CCCCC(C)OC(=O)c1ccccc1O.O=C(OCc1ccccc1)c1ccccc1O. The molecule has 0 bridgehead atoms. The van der Waals surface area contributed by atoms with Crippen molar-refractivity contribution in [2.45, 2.75) is 45.8 Å². The van der Waals surface area contributed by atoms with Gasteiger partial charge in [0.15, 0.2) is 0 Å². The Morgan fingerprint density at radius 2 is 1.30 bits per heavy atom. The summed E-state index contributed by atoms with van der Waals surface area (Å²) in [7, 11) is 0. The number of para-hydroxylation sites is 2. The monoisotopic (exact) mass is 450 g/mol. The van der Waals surface area contributed by atoms with Crippen molar-refractivity contribution in [3.8, 4) is 11.5 Å². The third-order valence-electron chi connectivity index (χ3n) is 4.73. The highest BCUT2D eigenvalue weighted by Crippen LogP contribution is 2.18. The molecule has 3 aromatic carbocycles. The fourth-order valence-corrected chi connectivity index (χ4v) is 2.89. The third kappa shape index (κ3) is 8.69. The molecule has 0 aliphatic carbocycles. The fraction of sp³-hybridized carbons (Fsp3) is 0.259. The van der Waals surface area contributed by atoms with E-state index in [0.29, 0.717) is 0 Å². The molecule has 0 radical (unpaired) electrons. The highest BCUT2D eigenvalue weighted by Gasteiger charge is 2.14. The molecule has 1 atom stereocenters. The second-order valence-corrected chi connectivity index (χ2v) is 7.45. The number of phenols is 2. The Morgan fingerprint density at radius 1 is 0.788 bits per heavy atom. The summed E-state index contributed by atoms with van der Waals surface area (Å²) in [5.41, 5.74) is 1.32. The number of unbranched alkanes of at least 4 members (excludes halogenated alkanes) is 1. The van der Waals surface area contributed by atoms with Crippen LogP contribution in [-0.4, -0.2) is 28.3 Å². The molecule has 33 heavy (non-hydrogen) atoms. The van der Waals surface area contributed by atoms with Gasteiger partial charge in [-0.25, -0.2) is 9.59 Å². The number of ether oxygens (including phenoxy) is 2. The summed E-state index contributed by atoms with van der Waals surface area (Å²) in [5.74, 6) is -1.07. The first-order valence-corrected chi connectivity index (χ1v) is 10.9. The lowest BCUT2D eigenvalue weighted by Crippen LogP contribution is -2.15. The van der Waals surface area contributed by atoms with Crippen molar-refractivity contribution in [2.75, 3.05) is 0 Å². The van der Waals surface area contributed by atoms with Crippen LogP contribution in [-0.2, 0) is 16.1 Å². The van der Waals surface area contributed by atoms with Crippen molar-refractivity contribution in [1.29, 1.82) is 0 Å². The molecule has 0 saturated carbocycles. The first-order valence-electron chi connectivity index (χ1n) is 10.9. The minimum absolute atomic E-state index is 0.0322. The summed E-state index contributed by atoms with van der Waals surface area (Å²) in [5, 5.41) is 18.9. The standard InChI is InChI=1S/C14H12O3.C13H18O3/c15-13-9-5-4-8-12(13)14(16)17-10-11-6-2-1-3-7-11;1-3-4-7-10(2)16-13(15)11-8-5-6-9-12(11)14/h1-9,15H,10H2;5-6,8-10,14H,3-4,7H2,1-2H3. The number of rotatable bonds is 8. The lowest BCUT2D eigenvalue weighted by atomic mass is 10.1. The number of aromatic hydroxyl groups is 2. The van der Waals surface area contributed by atoms with Gasteiger partial charge in [-0.3, -0.25) is 0 Å². The van der Waals surface area contributed by atoms with E-state index in [1.165, 1.54) is 18.2 Å². The normalized spacial score (nSPS) is 11.0. The van der Waals surface area contributed by atoms with E-state index in [1.807, 2.05) is 37.3 Å². The molecular formula is C27H30O6. The maximum Gasteiger partial charge on any atom is 0.342 e. The van der Waals surface area contributed by atoms with E-state index >= 15 is 0 Å². The molecule has 6 nitrogen and oxygen atoms in total. The van der Waals surface area contributed by atoms with Crippen LogP contribution in [0.25, 0.3) is 0 Å². The van der Waals surface area contributed by atoms with Crippen LogP contribution in [0.5, 0.6) is 11.5 Å². The zero-order valence-corrected chi connectivity index (χ0v) is 18.9. The smallest absolute Gasteiger partial charge is 0.342 e. The Labute approximate surface area is 194 Å². The average molecular weight is 451 g/mol. The van der Waals surface area contributed by atoms with Gasteiger partial charge in [-0.2, -0.15) is 0 Å². The van der Waals surface area contributed by atoms with Crippen LogP contribution in [0.3, 0.4) is 0 Å². The predicted molar refractivity (Wildman–Crippen MR) is 126 cm³/mol. The molecule has 0 aromatic heterocycles. The topological polar surface area (TPSA) is 93.1 Å². The first kappa shape index (κ1) is 25.5. The fourth-order valence-electron chi connectivity index (χ4n) is 2.89. The summed E-state index contributed by atoms with van der Waals surface area (Å²) in [6.07, 6.45) is 2.87. The number of carbonyl (C=O) groups excluding carboxylic acids is 2. The van der Waals surface area contributed by atoms with Crippen molar-refractivity contribution in [3.63, 3.8) is 0 Å². The van der Waals surface area contributed by atoms with Gasteiger partial charge < -0.3 is 19.7 Å². The molecule has 3 rings (SSSR count). The molecule has 0 fully saturated rings. The van der Waals surface area contributed by atoms with E-state index < -0.39 is 11.9 Å².